The predicted molar refractivity (Wildman–Crippen MR) is 55.6 cm³/mol. The van der Waals surface area contributed by atoms with Crippen molar-refractivity contribution in [3.8, 4) is 0 Å². The average Bonchev–Trinajstić information content (AvgIpc) is 2.06. The summed E-state index contributed by atoms with van der Waals surface area (Å²) in [5, 5.41) is 2.53. The monoisotopic (exact) mass is 249 g/mol. The molecular formula is C8H8ClNO4S. The van der Waals surface area contributed by atoms with Gasteiger partial charge in [-0.05, 0) is 18.2 Å². The van der Waals surface area contributed by atoms with Crippen LogP contribution in [0.4, 0.5) is 5.69 Å². The first-order chi connectivity index (χ1) is 6.80. The highest BCUT2D eigenvalue weighted by Crippen LogP contribution is 2.24. The Balaban J connectivity index is 3.23. The van der Waals surface area contributed by atoms with Gasteiger partial charge >= 0.3 is 0 Å². The van der Waals surface area contributed by atoms with Crippen LogP contribution < -0.4 is 5.32 Å². The van der Waals surface area contributed by atoms with E-state index < -0.39 is 10.1 Å². The van der Waals surface area contributed by atoms with E-state index >= 15 is 0 Å². The number of hydrogen-bond acceptors (Lipinski definition) is 3. The maximum Gasteiger partial charge on any atom is 0.294 e. The Hall–Kier alpha value is -1.11. The second-order valence-electron chi connectivity index (χ2n) is 2.80. The van der Waals surface area contributed by atoms with Crippen LogP contribution in [0.3, 0.4) is 0 Å². The number of nitrogens with one attached hydrogen (secondary N) is 1. The van der Waals surface area contributed by atoms with Crippen LogP contribution in [0, 0.1) is 0 Å². The van der Waals surface area contributed by atoms with Gasteiger partial charge in [-0.2, -0.15) is 8.42 Å². The lowest BCUT2D eigenvalue weighted by atomic mass is 10.3. The molecule has 1 rings (SSSR count). The molecule has 0 radical (unpaired) electrons. The minimum absolute atomic E-state index is 0.138. The Morgan fingerprint density at radius 1 is 1.47 bits per heavy atom. The van der Waals surface area contributed by atoms with Crippen molar-refractivity contribution < 1.29 is 17.8 Å². The summed E-state index contributed by atoms with van der Waals surface area (Å²) in [5.74, 6) is -0.385. The molecule has 0 bridgehead atoms. The molecule has 82 valence electrons. The van der Waals surface area contributed by atoms with E-state index in [2.05, 4.69) is 5.32 Å². The van der Waals surface area contributed by atoms with Gasteiger partial charge in [0.1, 0.15) is 0 Å². The van der Waals surface area contributed by atoms with E-state index in [0.29, 0.717) is 0 Å². The molecular weight excluding hydrogens is 242 g/mol. The van der Waals surface area contributed by atoms with E-state index in [-0.39, 0.29) is 21.5 Å². The van der Waals surface area contributed by atoms with E-state index in [1.54, 1.807) is 0 Å². The summed E-state index contributed by atoms with van der Waals surface area (Å²) in [6.07, 6.45) is 0. The summed E-state index contributed by atoms with van der Waals surface area (Å²) in [4.78, 5) is 10.4. The van der Waals surface area contributed by atoms with Crippen molar-refractivity contribution in [3.05, 3.63) is 23.2 Å². The van der Waals surface area contributed by atoms with Crippen LogP contribution in [0.5, 0.6) is 0 Å². The van der Waals surface area contributed by atoms with Crippen LogP contribution in [0.1, 0.15) is 6.92 Å². The molecule has 1 aromatic rings. The van der Waals surface area contributed by atoms with Gasteiger partial charge in [0, 0.05) is 6.92 Å². The molecule has 7 heteroatoms. The normalized spacial score (nSPS) is 11.1. The fourth-order valence-corrected chi connectivity index (χ4v) is 1.62. The molecule has 0 aliphatic heterocycles. The number of halogens is 1. The molecule has 0 aromatic heterocycles. The third kappa shape index (κ3) is 3.19. The SMILES string of the molecule is CC(=O)Nc1cc(S(=O)(=O)O)ccc1Cl. The molecule has 2 N–H and O–H groups in total. The van der Waals surface area contributed by atoms with Crippen molar-refractivity contribution in [2.75, 3.05) is 5.32 Å². The molecule has 0 atom stereocenters. The summed E-state index contributed by atoms with van der Waals surface area (Å²) in [6.45, 7) is 1.26. The molecule has 0 saturated heterocycles. The minimum atomic E-state index is -4.29. The molecule has 0 saturated carbocycles. The van der Waals surface area contributed by atoms with Crippen LogP contribution in [0.25, 0.3) is 0 Å². The highest BCUT2D eigenvalue weighted by Gasteiger charge is 2.12. The first-order valence-electron chi connectivity index (χ1n) is 3.85. The van der Waals surface area contributed by atoms with Gasteiger partial charge in [-0.15, -0.1) is 0 Å². The third-order valence-electron chi connectivity index (χ3n) is 1.55. The molecule has 0 aliphatic carbocycles. The molecule has 1 amide bonds. The number of carbonyl (C=O) groups is 1. The van der Waals surface area contributed by atoms with Crippen LogP contribution in [0.2, 0.25) is 5.02 Å². The van der Waals surface area contributed by atoms with Gasteiger partial charge in [0.2, 0.25) is 5.91 Å². The van der Waals surface area contributed by atoms with Crippen molar-refractivity contribution in [3.63, 3.8) is 0 Å². The van der Waals surface area contributed by atoms with Crippen molar-refractivity contribution in [1.29, 1.82) is 0 Å². The predicted octanol–water partition coefficient (Wildman–Crippen LogP) is 1.55. The second-order valence-corrected chi connectivity index (χ2v) is 4.63. The molecule has 5 nitrogen and oxygen atoms in total. The van der Waals surface area contributed by atoms with Crippen LogP contribution in [0.15, 0.2) is 23.1 Å². The number of carbonyl (C=O) groups excluding carboxylic acids is 1. The zero-order valence-corrected chi connectivity index (χ0v) is 9.26. The van der Waals surface area contributed by atoms with E-state index in [1.165, 1.54) is 13.0 Å². The number of anilines is 1. The van der Waals surface area contributed by atoms with E-state index in [1.807, 2.05) is 0 Å². The van der Waals surface area contributed by atoms with Gasteiger partial charge in [0.25, 0.3) is 10.1 Å². The smallest absolute Gasteiger partial charge is 0.294 e. The van der Waals surface area contributed by atoms with Crippen LogP contribution in [-0.4, -0.2) is 18.9 Å². The fraction of sp³-hybridized carbons (Fsp3) is 0.125. The van der Waals surface area contributed by atoms with Gasteiger partial charge in [-0.25, -0.2) is 0 Å². The Morgan fingerprint density at radius 3 is 2.53 bits per heavy atom. The van der Waals surface area contributed by atoms with Gasteiger partial charge in [0.05, 0.1) is 15.6 Å². The minimum Gasteiger partial charge on any atom is -0.325 e. The van der Waals surface area contributed by atoms with Gasteiger partial charge < -0.3 is 5.32 Å². The first-order valence-corrected chi connectivity index (χ1v) is 5.67. The third-order valence-corrected chi connectivity index (χ3v) is 2.73. The topological polar surface area (TPSA) is 83.5 Å². The Bertz CT molecular complexity index is 497. The van der Waals surface area contributed by atoms with Gasteiger partial charge in [0.15, 0.2) is 0 Å². The number of hydrogen-bond donors (Lipinski definition) is 2. The van der Waals surface area contributed by atoms with Crippen molar-refractivity contribution in [2.24, 2.45) is 0 Å². The Kier molecular flexibility index (Phi) is 3.33. The van der Waals surface area contributed by atoms with E-state index in [4.69, 9.17) is 16.2 Å². The van der Waals surface area contributed by atoms with Crippen LogP contribution >= 0.6 is 11.6 Å². The molecule has 15 heavy (non-hydrogen) atoms. The highest BCUT2D eigenvalue weighted by molar-refractivity contribution is 7.85. The molecule has 1 aromatic carbocycles. The van der Waals surface area contributed by atoms with Crippen LogP contribution in [-0.2, 0) is 14.9 Å². The Labute approximate surface area is 91.8 Å². The standard InChI is InChI=1S/C8H8ClNO4S/c1-5(11)10-8-4-6(15(12,13)14)2-3-7(8)9/h2-4H,1H3,(H,10,11)(H,12,13,14). The fourth-order valence-electron chi connectivity index (χ4n) is 0.950. The highest BCUT2D eigenvalue weighted by atomic mass is 35.5. The summed E-state index contributed by atoms with van der Waals surface area (Å²) >= 11 is 5.70. The summed E-state index contributed by atoms with van der Waals surface area (Å²) in [7, 11) is -4.29. The Morgan fingerprint density at radius 2 is 2.07 bits per heavy atom. The summed E-state index contributed by atoms with van der Waals surface area (Å²) in [5.41, 5.74) is 0.138. The van der Waals surface area contributed by atoms with Crippen molar-refractivity contribution in [1.82, 2.24) is 0 Å². The van der Waals surface area contributed by atoms with E-state index in [9.17, 15) is 13.2 Å². The maximum atomic E-state index is 10.8. The van der Waals surface area contributed by atoms with Crippen molar-refractivity contribution >= 4 is 33.3 Å². The maximum absolute atomic E-state index is 10.8. The van der Waals surface area contributed by atoms with Crippen molar-refractivity contribution in [2.45, 2.75) is 11.8 Å². The largest absolute Gasteiger partial charge is 0.325 e. The molecule has 0 spiro atoms. The summed E-state index contributed by atoms with van der Waals surface area (Å²) in [6, 6.07) is 3.50. The first kappa shape index (κ1) is 12.0. The van der Waals surface area contributed by atoms with Gasteiger partial charge in [-0.1, -0.05) is 11.6 Å². The quantitative estimate of drug-likeness (QED) is 0.779. The number of amides is 1. The molecule has 0 aliphatic rings. The lowest BCUT2D eigenvalue weighted by Crippen LogP contribution is -2.07. The number of rotatable bonds is 2. The zero-order chi connectivity index (χ0) is 11.6. The summed E-state index contributed by atoms with van der Waals surface area (Å²) < 4.78 is 30.3. The molecule has 0 heterocycles. The lowest BCUT2D eigenvalue weighted by Gasteiger charge is -2.05. The van der Waals surface area contributed by atoms with E-state index in [0.717, 1.165) is 12.1 Å². The van der Waals surface area contributed by atoms with Gasteiger partial charge in [-0.3, -0.25) is 9.35 Å². The lowest BCUT2D eigenvalue weighted by molar-refractivity contribution is -0.114. The zero-order valence-electron chi connectivity index (χ0n) is 7.69. The molecule has 0 unspecified atom stereocenters. The second kappa shape index (κ2) is 4.18. The number of benzene rings is 1. The molecule has 0 fully saturated rings. The average molecular weight is 250 g/mol.